The monoisotopic (exact) mass is 247 g/mol. The fraction of sp³-hybridized carbons (Fsp3) is 0.222. The number of nitrogens with zero attached hydrogens (tertiary/aromatic N) is 1. The van der Waals surface area contributed by atoms with Gasteiger partial charge < -0.3 is 4.74 Å². The zero-order valence-electron chi connectivity index (χ0n) is 8.20. The van der Waals surface area contributed by atoms with Crippen molar-refractivity contribution >= 4 is 23.3 Å². The van der Waals surface area contributed by atoms with Crippen molar-refractivity contribution in [3.05, 3.63) is 38.7 Å². The van der Waals surface area contributed by atoms with Crippen LogP contribution in [0.4, 0.5) is 10.1 Å². The first-order chi connectivity index (χ1) is 7.47. The van der Waals surface area contributed by atoms with E-state index < -0.39 is 28.0 Å². The molecular formula is C9H7ClFNO4. The Morgan fingerprint density at radius 2 is 2.25 bits per heavy atom. The topological polar surface area (TPSA) is 69.4 Å². The minimum atomic E-state index is -1.17. The van der Waals surface area contributed by atoms with E-state index in [1.54, 1.807) is 0 Å². The summed E-state index contributed by atoms with van der Waals surface area (Å²) < 4.78 is 17.8. The molecule has 0 saturated heterocycles. The second-order valence-corrected chi connectivity index (χ2v) is 3.20. The van der Waals surface area contributed by atoms with Gasteiger partial charge in [-0.1, -0.05) is 11.6 Å². The summed E-state index contributed by atoms with van der Waals surface area (Å²) in [5.74, 6) is -2.14. The third kappa shape index (κ3) is 2.46. The molecule has 0 amide bonds. The second kappa shape index (κ2) is 4.89. The molecule has 1 rings (SSSR count). The highest BCUT2D eigenvalue weighted by Crippen LogP contribution is 2.27. The number of ether oxygens (including phenoxy) is 1. The SMILES string of the molecule is CCOC(=O)c1cc(Cl)cc(F)c1[N+](=O)[O-]. The van der Waals surface area contributed by atoms with Crippen LogP contribution in [0.2, 0.25) is 5.02 Å². The van der Waals surface area contributed by atoms with E-state index in [1.165, 1.54) is 6.92 Å². The summed E-state index contributed by atoms with van der Waals surface area (Å²) in [6.45, 7) is 1.56. The lowest BCUT2D eigenvalue weighted by Crippen LogP contribution is -2.09. The molecule has 0 unspecified atom stereocenters. The van der Waals surface area contributed by atoms with Gasteiger partial charge in [-0.2, -0.15) is 4.39 Å². The van der Waals surface area contributed by atoms with Gasteiger partial charge >= 0.3 is 11.7 Å². The molecule has 0 aliphatic carbocycles. The van der Waals surface area contributed by atoms with E-state index in [-0.39, 0.29) is 11.6 Å². The van der Waals surface area contributed by atoms with Crippen LogP contribution >= 0.6 is 11.6 Å². The molecule has 0 heterocycles. The molecule has 16 heavy (non-hydrogen) atoms. The van der Waals surface area contributed by atoms with Crippen molar-refractivity contribution < 1.29 is 18.8 Å². The lowest BCUT2D eigenvalue weighted by atomic mass is 10.1. The lowest BCUT2D eigenvalue weighted by molar-refractivity contribution is -0.387. The van der Waals surface area contributed by atoms with Crippen LogP contribution < -0.4 is 0 Å². The first-order valence-corrected chi connectivity index (χ1v) is 4.65. The van der Waals surface area contributed by atoms with E-state index in [1.807, 2.05) is 0 Å². The number of hydrogen-bond acceptors (Lipinski definition) is 4. The molecule has 0 radical (unpaired) electrons. The zero-order valence-corrected chi connectivity index (χ0v) is 8.95. The molecular weight excluding hydrogens is 241 g/mol. The van der Waals surface area contributed by atoms with Crippen molar-refractivity contribution in [2.45, 2.75) is 6.92 Å². The zero-order chi connectivity index (χ0) is 12.3. The Morgan fingerprint density at radius 1 is 1.62 bits per heavy atom. The number of halogens is 2. The van der Waals surface area contributed by atoms with E-state index in [2.05, 4.69) is 4.74 Å². The van der Waals surface area contributed by atoms with Crippen LogP contribution in [0.15, 0.2) is 12.1 Å². The minimum Gasteiger partial charge on any atom is -0.462 e. The number of carbonyl (C=O) groups is 1. The van der Waals surface area contributed by atoms with Crippen LogP contribution in [-0.4, -0.2) is 17.5 Å². The highest BCUT2D eigenvalue weighted by atomic mass is 35.5. The van der Waals surface area contributed by atoms with Gasteiger partial charge in [-0.05, 0) is 19.1 Å². The molecule has 1 aromatic carbocycles. The predicted molar refractivity (Wildman–Crippen MR) is 54.0 cm³/mol. The van der Waals surface area contributed by atoms with Crippen LogP contribution in [0, 0.1) is 15.9 Å². The quantitative estimate of drug-likeness (QED) is 0.468. The molecule has 0 atom stereocenters. The lowest BCUT2D eigenvalue weighted by Gasteiger charge is -2.04. The average molecular weight is 248 g/mol. The molecule has 0 bridgehead atoms. The standard InChI is InChI=1S/C9H7ClFNO4/c1-2-16-9(13)6-3-5(10)4-7(11)8(6)12(14)15/h3-4H,2H2,1H3. The maximum absolute atomic E-state index is 13.2. The molecule has 0 spiro atoms. The molecule has 0 saturated carbocycles. The number of nitro groups is 1. The van der Waals surface area contributed by atoms with Crippen LogP contribution in [0.25, 0.3) is 0 Å². The summed E-state index contributed by atoms with van der Waals surface area (Å²) in [5.41, 5.74) is -1.42. The highest BCUT2D eigenvalue weighted by molar-refractivity contribution is 6.31. The Kier molecular flexibility index (Phi) is 3.78. The van der Waals surface area contributed by atoms with E-state index in [9.17, 15) is 19.3 Å². The van der Waals surface area contributed by atoms with Gasteiger partial charge in [0.1, 0.15) is 5.56 Å². The largest absolute Gasteiger partial charge is 0.462 e. The van der Waals surface area contributed by atoms with Crippen LogP contribution in [0.1, 0.15) is 17.3 Å². The summed E-state index contributed by atoms with van der Waals surface area (Å²) in [4.78, 5) is 20.9. The fourth-order valence-corrected chi connectivity index (χ4v) is 1.32. The molecule has 0 aliphatic heterocycles. The van der Waals surface area contributed by atoms with E-state index in [4.69, 9.17) is 11.6 Å². The number of rotatable bonds is 3. The Bertz CT molecular complexity index is 449. The summed E-state index contributed by atoms with van der Waals surface area (Å²) in [6, 6.07) is 1.77. The minimum absolute atomic E-state index is 0.0319. The summed E-state index contributed by atoms with van der Waals surface area (Å²) in [6.07, 6.45) is 0. The molecule has 0 N–H and O–H groups in total. The molecule has 86 valence electrons. The molecule has 1 aromatic rings. The molecule has 0 fully saturated rings. The van der Waals surface area contributed by atoms with E-state index in [0.29, 0.717) is 0 Å². The maximum Gasteiger partial charge on any atom is 0.345 e. The third-order valence-electron chi connectivity index (χ3n) is 1.71. The summed E-state index contributed by atoms with van der Waals surface area (Å²) in [7, 11) is 0. The predicted octanol–water partition coefficient (Wildman–Crippen LogP) is 2.56. The molecule has 0 aromatic heterocycles. The number of nitro benzene ring substituents is 1. The van der Waals surface area contributed by atoms with Crippen LogP contribution in [0.5, 0.6) is 0 Å². The van der Waals surface area contributed by atoms with Crippen molar-refractivity contribution in [1.29, 1.82) is 0 Å². The van der Waals surface area contributed by atoms with Crippen molar-refractivity contribution in [1.82, 2.24) is 0 Å². The fourth-order valence-electron chi connectivity index (χ4n) is 1.12. The Balaban J connectivity index is 3.35. The Morgan fingerprint density at radius 3 is 2.75 bits per heavy atom. The van der Waals surface area contributed by atoms with Crippen LogP contribution in [-0.2, 0) is 4.74 Å². The molecule has 7 heteroatoms. The second-order valence-electron chi connectivity index (χ2n) is 2.76. The molecule has 0 aliphatic rings. The summed E-state index contributed by atoms with van der Waals surface area (Å²) in [5, 5.41) is 10.5. The Labute approximate surface area is 94.9 Å². The number of esters is 1. The van der Waals surface area contributed by atoms with Crippen molar-refractivity contribution in [3.63, 3.8) is 0 Å². The van der Waals surface area contributed by atoms with Gasteiger partial charge in [0, 0.05) is 5.02 Å². The van der Waals surface area contributed by atoms with Crippen molar-refractivity contribution in [3.8, 4) is 0 Å². The molecule has 5 nitrogen and oxygen atoms in total. The van der Waals surface area contributed by atoms with Gasteiger partial charge in [0.05, 0.1) is 11.5 Å². The smallest absolute Gasteiger partial charge is 0.345 e. The maximum atomic E-state index is 13.2. The Hall–Kier alpha value is -1.69. The number of hydrogen-bond donors (Lipinski definition) is 0. The van der Waals surface area contributed by atoms with Crippen molar-refractivity contribution in [2.24, 2.45) is 0 Å². The normalized spacial score (nSPS) is 9.94. The van der Waals surface area contributed by atoms with E-state index >= 15 is 0 Å². The van der Waals surface area contributed by atoms with Crippen LogP contribution in [0.3, 0.4) is 0 Å². The van der Waals surface area contributed by atoms with Gasteiger partial charge in [0.2, 0.25) is 5.82 Å². The first-order valence-electron chi connectivity index (χ1n) is 4.28. The number of benzene rings is 1. The van der Waals surface area contributed by atoms with Gasteiger partial charge in [0.25, 0.3) is 0 Å². The van der Waals surface area contributed by atoms with Crippen molar-refractivity contribution in [2.75, 3.05) is 6.61 Å². The van der Waals surface area contributed by atoms with Gasteiger partial charge in [-0.25, -0.2) is 4.79 Å². The number of carbonyl (C=O) groups excluding carboxylic acids is 1. The van der Waals surface area contributed by atoms with Gasteiger partial charge in [0.15, 0.2) is 0 Å². The summed E-state index contributed by atoms with van der Waals surface area (Å²) >= 11 is 5.50. The van der Waals surface area contributed by atoms with E-state index in [0.717, 1.165) is 12.1 Å². The highest BCUT2D eigenvalue weighted by Gasteiger charge is 2.26. The van der Waals surface area contributed by atoms with Gasteiger partial charge in [-0.3, -0.25) is 10.1 Å². The van der Waals surface area contributed by atoms with Gasteiger partial charge in [-0.15, -0.1) is 0 Å². The average Bonchev–Trinajstić information content (AvgIpc) is 2.15. The first kappa shape index (κ1) is 12.4. The third-order valence-corrected chi connectivity index (χ3v) is 1.92.